The van der Waals surface area contributed by atoms with Crippen molar-refractivity contribution in [2.75, 3.05) is 7.11 Å². The van der Waals surface area contributed by atoms with Gasteiger partial charge in [-0.3, -0.25) is 0 Å². The molecule has 4 heteroatoms. The van der Waals surface area contributed by atoms with Gasteiger partial charge >= 0.3 is 5.97 Å². The highest BCUT2D eigenvalue weighted by Gasteiger charge is 2.36. The SMILES string of the molecule is CCCCCC1CCC2CC(c3ccc4cc(C(=O)OC)c(F)c(F)c4c3)CCC2C1. The molecular weight excluding hydrogens is 394 g/mol. The smallest absolute Gasteiger partial charge is 0.340 e. The van der Waals surface area contributed by atoms with Gasteiger partial charge in [0.05, 0.1) is 12.7 Å². The molecule has 4 atom stereocenters. The van der Waals surface area contributed by atoms with Gasteiger partial charge in [0.2, 0.25) is 0 Å². The summed E-state index contributed by atoms with van der Waals surface area (Å²) in [5.74, 6) is -0.0150. The first-order valence-electron chi connectivity index (χ1n) is 12.0. The molecule has 0 heterocycles. The van der Waals surface area contributed by atoms with Crippen molar-refractivity contribution in [3.63, 3.8) is 0 Å². The number of fused-ring (bicyclic) bond motifs is 2. The van der Waals surface area contributed by atoms with Crippen LogP contribution in [0.15, 0.2) is 24.3 Å². The molecule has 2 nitrogen and oxygen atoms in total. The standard InChI is InChI=1S/C27H34F2O2/c1-3-4-5-6-17-7-8-19-14-20(10-9-18(19)13-17)21-11-12-22-16-24(27(30)31-2)26(29)25(28)23(22)15-21/h11-12,15-20H,3-10,13-14H2,1-2H3. The molecule has 0 radical (unpaired) electrons. The molecule has 0 spiro atoms. The zero-order chi connectivity index (χ0) is 22.0. The van der Waals surface area contributed by atoms with Gasteiger partial charge in [-0.25, -0.2) is 13.6 Å². The molecule has 0 saturated heterocycles. The van der Waals surface area contributed by atoms with Crippen LogP contribution in [0.3, 0.4) is 0 Å². The van der Waals surface area contributed by atoms with E-state index < -0.39 is 17.6 Å². The molecule has 2 aliphatic rings. The van der Waals surface area contributed by atoms with Crippen molar-refractivity contribution in [2.45, 2.75) is 77.0 Å². The summed E-state index contributed by atoms with van der Waals surface area (Å²) in [6.07, 6.45) is 13.0. The average molecular weight is 429 g/mol. The third-order valence-electron chi connectivity index (χ3n) is 7.86. The Morgan fingerprint density at radius 1 is 1.00 bits per heavy atom. The van der Waals surface area contributed by atoms with Gasteiger partial charge in [0, 0.05) is 5.39 Å². The lowest BCUT2D eigenvalue weighted by Gasteiger charge is -2.42. The van der Waals surface area contributed by atoms with Gasteiger partial charge in [-0.05, 0) is 78.9 Å². The Morgan fingerprint density at radius 2 is 1.77 bits per heavy atom. The fraction of sp³-hybridized carbons (Fsp3) is 0.593. The molecule has 4 unspecified atom stereocenters. The first-order valence-corrected chi connectivity index (χ1v) is 12.0. The van der Waals surface area contributed by atoms with Crippen LogP contribution in [0, 0.1) is 29.4 Å². The van der Waals surface area contributed by atoms with Crippen LogP contribution in [0.2, 0.25) is 0 Å². The number of hydrogen-bond donors (Lipinski definition) is 0. The molecule has 0 amide bonds. The Balaban J connectivity index is 1.48. The van der Waals surface area contributed by atoms with E-state index in [1.54, 1.807) is 6.07 Å². The number of benzene rings is 2. The van der Waals surface area contributed by atoms with E-state index in [1.165, 1.54) is 64.5 Å². The third kappa shape index (κ3) is 4.63. The number of rotatable bonds is 6. The van der Waals surface area contributed by atoms with Gasteiger partial charge in [0.15, 0.2) is 11.6 Å². The number of halogens is 2. The number of ether oxygens (including phenoxy) is 1. The molecule has 4 rings (SSSR count). The van der Waals surface area contributed by atoms with E-state index in [4.69, 9.17) is 0 Å². The van der Waals surface area contributed by atoms with E-state index in [0.29, 0.717) is 11.3 Å². The van der Waals surface area contributed by atoms with Gasteiger partial charge in [0.25, 0.3) is 0 Å². The van der Waals surface area contributed by atoms with E-state index in [-0.39, 0.29) is 10.9 Å². The van der Waals surface area contributed by atoms with Crippen molar-refractivity contribution >= 4 is 16.7 Å². The minimum atomic E-state index is -1.12. The Labute approximate surface area is 184 Å². The van der Waals surface area contributed by atoms with E-state index in [2.05, 4.69) is 11.7 Å². The largest absolute Gasteiger partial charge is 0.465 e. The summed E-state index contributed by atoms with van der Waals surface area (Å²) in [7, 11) is 1.17. The summed E-state index contributed by atoms with van der Waals surface area (Å²) in [4.78, 5) is 11.7. The van der Waals surface area contributed by atoms with Crippen LogP contribution in [0.4, 0.5) is 8.78 Å². The predicted molar refractivity (Wildman–Crippen MR) is 120 cm³/mol. The molecule has 0 aliphatic heterocycles. The van der Waals surface area contributed by atoms with Crippen LogP contribution in [0.5, 0.6) is 0 Å². The van der Waals surface area contributed by atoms with Crippen molar-refractivity contribution in [1.82, 2.24) is 0 Å². The Hall–Kier alpha value is -1.97. The first-order chi connectivity index (χ1) is 15.0. The second kappa shape index (κ2) is 9.67. The molecule has 0 bridgehead atoms. The molecule has 2 fully saturated rings. The van der Waals surface area contributed by atoms with E-state index >= 15 is 0 Å². The summed E-state index contributed by atoms with van der Waals surface area (Å²) >= 11 is 0. The van der Waals surface area contributed by atoms with Crippen molar-refractivity contribution in [1.29, 1.82) is 0 Å². The van der Waals surface area contributed by atoms with E-state index in [1.807, 2.05) is 12.1 Å². The van der Waals surface area contributed by atoms with Crippen molar-refractivity contribution in [3.05, 3.63) is 47.0 Å². The quantitative estimate of drug-likeness (QED) is 0.347. The van der Waals surface area contributed by atoms with Crippen molar-refractivity contribution in [2.24, 2.45) is 17.8 Å². The molecule has 0 aromatic heterocycles. The lowest BCUT2D eigenvalue weighted by Crippen LogP contribution is -2.30. The van der Waals surface area contributed by atoms with Crippen LogP contribution in [-0.4, -0.2) is 13.1 Å². The highest BCUT2D eigenvalue weighted by molar-refractivity contribution is 5.96. The zero-order valence-corrected chi connectivity index (χ0v) is 18.8. The minimum absolute atomic E-state index is 0.254. The number of methoxy groups -OCH3 is 1. The van der Waals surface area contributed by atoms with E-state index in [9.17, 15) is 13.6 Å². The highest BCUT2D eigenvalue weighted by Crippen LogP contribution is 2.48. The molecular formula is C27H34F2O2. The molecule has 168 valence electrons. The molecule has 2 aromatic rings. The highest BCUT2D eigenvalue weighted by atomic mass is 19.2. The minimum Gasteiger partial charge on any atom is -0.465 e. The first kappa shape index (κ1) is 22.2. The molecule has 2 saturated carbocycles. The summed E-state index contributed by atoms with van der Waals surface area (Å²) < 4.78 is 33.8. The fourth-order valence-corrected chi connectivity index (χ4v) is 6.09. The van der Waals surface area contributed by atoms with Crippen LogP contribution >= 0.6 is 0 Å². The maximum atomic E-state index is 14.8. The number of carbonyl (C=O) groups is 1. The summed E-state index contributed by atoms with van der Waals surface area (Å²) in [6.45, 7) is 2.27. The summed E-state index contributed by atoms with van der Waals surface area (Å²) in [5, 5.41) is 0.786. The van der Waals surface area contributed by atoms with Gasteiger partial charge in [0.1, 0.15) is 0 Å². The van der Waals surface area contributed by atoms with Crippen molar-refractivity contribution in [3.8, 4) is 0 Å². The molecule has 31 heavy (non-hydrogen) atoms. The van der Waals surface area contributed by atoms with Gasteiger partial charge < -0.3 is 4.74 Å². The maximum absolute atomic E-state index is 14.8. The topological polar surface area (TPSA) is 26.3 Å². The predicted octanol–water partition coefficient (Wildman–Crippen LogP) is 7.78. The monoisotopic (exact) mass is 428 g/mol. The molecule has 0 N–H and O–H groups in total. The average Bonchev–Trinajstić information content (AvgIpc) is 2.80. The number of esters is 1. The maximum Gasteiger partial charge on any atom is 0.340 e. The number of carbonyl (C=O) groups excluding carboxylic acids is 1. The number of hydrogen-bond acceptors (Lipinski definition) is 2. The third-order valence-corrected chi connectivity index (χ3v) is 7.86. The summed E-state index contributed by atoms with van der Waals surface area (Å²) in [5.41, 5.74) is 0.747. The Bertz CT molecular complexity index is 938. The lowest BCUT2D eigenvalue weighted by atomic mass is 9.63. The summed E-state index contributed by atoms with van der Waals surface area (Å²) in [6, 6.07) is 7.04. The van der Waals surface area contributed by atoms with E-state index in [0.717, 1.165) is 36.2 Å². The second-order valence-corrected chi connectivity index (χ2v) is 9.73. The Kier molecular flexibility index (Phi) is 6.93. The van der Waals surface area contributed by atoms with Crippen LogP contribution in [-0.2, 0) is 4.74 Å². The van der Waals surface area contributed by atoms with Crippen LogP contribution in [0.25, 0.3) is 10.8 Å². The zero-order valence-electron chi connectivity index (χ0n) is 18.8. The van der Waals surface area contributed by atoms with Gasteiger partial charge in [-0.2, -0.15) is 0 Å². The van der Waals surface area contributed by atoms with Crippen molar-refractivity contribution < 1.29 is 18.3 Å². The fourth-order valence-electron chi connectivity index (χ4n) is 6.09. The molecule has 2 aromatic carbocycles. The lowest BCUT2D eigenvalue weighted by molar-refractivity contribution is 0.0594. The van der Waals surface area contributed by atoms with Gasteiger partial charge in [-0.1, -0.05) is 51.2 Å². The number of unbranched alkanes of at least 4 members (excludes halogenated alkanes) is 2. The van der Waals surface area contributed by atoms with Crippen LogP contribution < -0.4 is 0 Å². The Morgan fingerprint density at radius 3 is 2.55 bits per heavy atom. The second-order valence-electron chi connectivity index (χ2n) is 9.73. The van der Waals surface area contributed by atoms with Gasteiger partial charge in [-0.15, -0.1) is 0 Å². The normalized spacial score (nSPS) is 25.9. The molecule has 2 aliphatic carbocycles. The van der Waals surface area contributed by atoms with Crippen LogP contribution in [0.1, 0.15) is 93.0 Å².